The SMILES string of the molecule is CCc1c(C)nn(CCCCC(C)(NC)C(=O)OC)c1C. The van der Waals surface area contributed by atoms with Crippen LogP contribution in [-0.4, -0.2) is 35.4 Å². The summed E-state index contributed by atoms with van der Waals surface area (Å²) in [6.07, 6.45) is 3.74. The maximum atomic E-state index is 11.8. The van der Waals surface area contributed by atoms with Gasteiger partial charge in [0, 0.05) is 12.2 Å². The lowest BCUT2D eigenvalue weighted by Gasteiger charge is -2.25. The van der Waals surface area contributed by atoms with Crippen LogP contribution in [0.25, 0.3) is 0 Å². The van der Waals surface area contributed by atoms with Gasteiger partial charge in [-0.3, -0.25) is 9.48 Å². The number of hydrogen-bond acceptors (Lipinski definition) is 4. The van der Waals surface area contributed by atoms with Gasteiger partial charge in [-0.05, 0) is 59.1 Å². The largest absolute Gasteiger partial charge is 0.468 e. The fraction of sp³-hybridized carbons (Fsp3) is 0.750. The van der Waals surface area contributed by atoms with Crippen LogP contribution in [-0.2, 0) is 22.5 Å². The van der Waals surface area contributed by atoms with Gasteiger partial charge in [0.05, 0.1) is 12.8 Å². The van der Waals surface area contributed by atoms with Crippen molar-refractivity contribution in [1.82, 2.24) is 15.1 Å². The van der Waals surface area contributed by atoms with Gasteiger partial charge >= 0.3 is 5.97 Å². The van der Waals surface area contributed by atoms with Gasteiger partial charge in [0.1, 0.15) is 5.54 Å². The Balaban J connectivity index is 2.53. The molecule has 1 rings (SSSR count). The summed E-state index contributed by atoms with van der Waals surface area (Å²) in [5.74, 6) is -0.204. The molecule has 0 aromatic carbocycles. The van der Waals surface area contributed by atoms with Crippen LogP contribution in [0.2, 0.25) is 0 Å². The van der Waals surface area contributed by atoms with Gasteiger partial charge in [0.2, 0.25) is 0 Å². The number of aryl methyl sites for hydroxylation is 2. The van der Waals surface area contributed by atoms with Crippen molar-refractivity contribution in [2.24, 2.45) is 0 Å². The highest BCUT2D eigenvalue weighted by atomic mass is 16.5. The van der Waals surface area contributed by atoms with Crippen molar-refractivity contribution >= 4 is 5.97 Å². The first-order chi connectivity index (χ1) is 9.89. The Bertz CT molecular complexity index is 482. The van der Waals surface area contributed by atoms with Gasteiger partial charge in [0.25, 0.3) is 0 Å². The van der Waals surface area contributed by atoms with Crippen LogP contribution in [0.4, 0.5) is 0 Å². The van der Waals surface area contributed by atoms with E-state index in [1.807, 2.05) is 6.92 Å². The second-order valence-electron chi connectivity index (χ2n) is 5.76. The molecule has 0 radical (unpaired) electrons. The Morgan fingerprint density at radius 1 is 1.38 bits per heavy atom. The van der Waals surface area contributed by atoms with Gasteiger partial charge in [-0.2, -0.15) is 5.10 Å². The Hall–Kier alpha value is -1.36. The molecule has 0 bridgehead atoms. The Morgan fingerprint density at radius 3 is 2.52 bits per heavy atom. The lowest BCUT2D eigenvalue weighted by Crippen LogP contribution is -2.48. The highest BCUT2D eigenvalue weighted by Crippen LogP contribution is 2.17. The zero-order valence-electron chi connectivity index (χ0n) is 14.2. The molecule has 5 heteroatoms. The van der Waals surface area contributed by atoms with E-state index in [1.165, 1.54) is 18.4 Å². The quantitative estimate of drug-likeness (QED) is 0.591. The van der Waals surface area contributed by atoms with E-state index < -0.39 is 5.54 Å². The van der Waals surface area contributed by atoms with E-state index in [0.717, 1.165) is 37.9 Å². The predicted molar refractivity (Wildman–Crippen MR) is 84.4 cm³/mol. The maximum Gasteiger partial charge on any atom is 0.325 e. The molecule has 1 unspecified atom stereocenters. The van der Waals surface area contributed by atoms with Crippen LogP contribution >= 0.6 is 0 Å². The lowest BCUT2D eigenvalue weighted by atomic mass is 9.95. The molecule has 5 nitrogen and oxygen atoms in total. The van der Waals surface area contributed by atoms with Gasteiger partial charge in [0.15, 0.2) is 0 Å². The predicted octanol–water partition coefficient (Wildman–Crippen LogP) is 2.38. The second-order valence-corrected chi connectivity index (χ2v) is 5.76. The summed E-state index contributed by atoms with van der Waals surface area (Å²) < 4.78 is 6.94. The van der Waals surface area contributed by atoms with Crippen LogP contribution in [0.1, 0.15) is 50.1 Å². The molecule has 0 fully saturated rings. The van der Waals surface area contributed by atoms with Crippen molar-refractivity contribution in [3.05, 3.63) is 17.0 Å². The van der Waals surface area contributed by atoms with Crippen molar-refractivity contribution in [1.29, 1.82) is 0 Å². The molecule has 0 aliphatic carbocycles. The zero-order valence-corrected chi connectivity index (χ0v) is 14.2. The number of aromatic nitrogens is 2. The molecular weight excluding hydrogens is 266 g/mol. The number of nitrogens with one attached hydrogen (secondary N) is 1. The number of likely N-dealkylation sites (N-methyl/N-ethyl adjacent to an activating group) is 1. The fourth-order valence-electron chi connectivity index (χ4n) is 2.76. The van der Waals surface area contributed by atoms with Crippen LogP contribution in [0.5, 0.6) is 0 Å². The third-order valence-corrected chi connectivity index (χ3v) is 4.37. The molecular formula is C16H29N3O2. The van der Waals surface area contributed by atoms with Crippen molar-refractivity contribution in [2.45, 2.75) is 65.5 Å². The summed E-state index contributed by atoms with van der Waals surface area (Å²) >= 11 is 0. The molecule has 0 aliphatic rings. The van der Waals surface area contributed by atoms with Crippen molar-refractivity contribution < 1.29 is 9.53 Å². The minimum atomic E-state index is -0.599. The van der Waals surface area contributed by atoms with Crippen LogP contribution in [0, 0.1) is 13.8 Å². The molecule has 0 amide bonds. The van der Waals surface area contributed by atoms with Gasteiger partial charge in [-0.15, -0.1) is 0 Å². The molecule has 1 N–H and O–H groups in total. The van der Waals surface area contributed by atoms with Crippen molar-refractivity contribution in [3.8, 4) is 0 Å². The smallest absolute Gasteiger partial charge is 0.325 e. The molecule has 1 heterocycles. The zero-order chi connectivity index (χ0) is 16.0. The minimum Gasteiger partial charge on any atom is -0.468 e. The number of unbranched alkanes of at least 4 members (excludes halogenated alkanes) is 1. The first-order valence-electron chi connectivity index (χ1n) is 7.69. The molecule has 0 saturated carbocycles. The number of methoxy groups -OCH3 is 1. The van der Waals surface area contributed by atoms with E-state index >= 15 is 0 Å². The first-order valence-corrected chi connectivity index (χ1v) is 7.69. The summed E-state index contributed by atoms with van der Waals surface area (Å²) in [7, 11) is 3.23. The number of carbonyl (C=O) groups is 1. The van der Waals surface area contributed by atoms with Crippen LogP contribution in [0.15, 0.2) is 0 Å². The summed E-state index contributed by atoms with van der Waals surface area (Å²) in [4.78, 5) is 11.8. The molecule has 0 spiro atoms. The highest BCUT2D eigenvalue weighted by molar-refractivity contribution is 5.80. The highest BCUT2D eigenvalue weighted by Gasteiger charge is 2.31. The standard InChI is InChI=1S/C16H29N3O2/c1-7-14-12(2)18-19(13(14)3)11-9-8-10-16(4,17-5)15(20)21-6/h17H,7-11H2,1-6H3. The molecule has 1 aromatic heterocycles. The number of ether oxygens (including phenoxy) is 1. The number of hydrogen-bond donors (Lipinski definition) is 1. The van der Waals surface area contributed by atoms with E-state index in [0.29, 0.717) is 0 Å². The normalized spacial score (nSPS) is 14.0. The van der Waals surface area contributed by atoms with Crippen LogP contribution < -0.4 is 5.32 Å². The summed E-state index contributed by atoms with van der Waals surface area (Å²) in [5.41, 5.74) is 3.15. The maximum absolute atomic E-state index is 11.8. The molecule has 1 aromatic rings. The third-order valence-electron chi connectivity index (χ3n) is 4.37. The lowest BCUT2D eigenvalue weighted by molar-refractivity contribution is -0.148. The number of rotatable bonds is 8. The van der Waals surface area contributed by atoms with E-state index in [1.54, 1.807) is 7.05 Å². The molecule has 21 heavy (non-hydrogen) atoms. The van der Waals surface area contributed by atoms with E-state index in [2.05, 4.69) is 35.9 Å². The summed E-state index contributed by atoms with van der Waals surface area (Å²) in [5, 5.41) is 7.66. The van der Waals surface area contributed by atoms with Gasteiger partial charge in [-0.25, -0.2) is 0 Å². The molecule has 0 aliphatic heterocycles. The average molecular weight is 295 g/mol. The Morgan fingerprint density at radius 2 is 2.05 bits per heavy atom. The third kappa shape index (κ3) is 4.06. The van der Waals surface area contributed by atoms with Gasteiger partial charge in [-0.1, -0.05) is 6.92 Å². The molecule has 0 saturated heterocycles. The van der Waals surface area contributed by atoms with Gasteiger partial charge < -0.3 is 10.1 Å². The summed E-state index contributed by atoms with van der Waals surface area (Å²) in [6.45, 7) is 9.14. The van der Waals surface area contributed by atoms with Crippen molar-refractivity contribution in [3.63, 3.8) is 0 Å². The van der Waals surface area contributed by atoms with Crippen molar-refractivity contribution in [2.75, 3.05) is 14.2 Å². The van der Waals surface area contributed by atoms with E-state index in [9.17, 15) is 4.79 Å². The first kappa shape index (κ1) is 17.7. The monoisotopic (exact) mass is 295 g/mol. The number of carbonyl (C=O) groups excluding carboxylic acids is 1. The number of nitrogens with zero attached hydrogens (tertiary/aromatic N) is 2. The molecule has 120 valence electrons. The molecule has 1 atom stereocenters. The summed E-state index contributed by atoms with van der Waals surface area (Å²) in [6, 6.07) is 0. The Labute approximate surface area is 128 Å². The fourth-order valence-corrected chi connectivity index (χ4v) is 2.76. The van der Waals surface area contributed by atoms with Crippen LogP contribution in [0.3, 0.4) is 0 Å². The Kier molecular flexibility index (Phi) is 6.40. The average Bonchev–Trinajstić information content (AvgIpc) is 2.76. The topological polar surface area (TPSA) is 56.2 Å². The second kappa shape index (κ2) is 7.59. The van der Waals surface area contributed by atoms with E-state index in [-0.39, 0.29) is 5.97 Å². The van der Waals surface area contributed by atoms with E-state index in [4.69, 9.17) is 4.74 Å². The minimum absolute atomic E-state index is 0.204. The number of esters is 1.